The summed E-state index contributed by atoms with van der Waals surface area (Å²) in [5, 5.41) is 0.972. The summed E-state index contributed by atoms with van der Waals surface area (Å²) in [6.45, 7) is 7.08. The van der Waals surface area contributed by atoms with E-state index in [1.54, 1.807) is 7.11 Å². The summed E-state index contributed by atoms with van der Waals surface area (Å²) in [5.74, 6) is 0. The van der Waals surface area contributed by atoms with Crippen molar-refractivity contribution in [3.8, 4) is 0 Å². The molecule has 0 unspecified atom stereocenters. The molecule has 4 nitrogen and oxygen atoms in total. The van der Waals surface area contributed by atoms with Crippen molar-refractivity contribution < 1.29 is 9.53 Å². The molecule has 1 aromatic heterocycles. The number of thiazole rings is 1. The van der Waals surface area contributed by atoms with Gasteiger partial charge in [-0.3, -0.25) is 4.79 Å². The Morgan fingerprint density at radius 2 is 2.00 bits per heavy atom. The molecule has 0 spiro atoms. The smallest absolute Gasteiger partial charge is 0.186 e. The maximum Gasteiger partial charge on any atom is 0.186 e. The molecule has 0 bridgehead atoms. The van der Waals surface area contributed by atoms with Crippen LogP contribution in [-0.2, 0) is 11.3 Å². The zero-order chi connectivity index (χ0) is 14.6. The van der Waals surface area contributed by atoms with Crippen LogP contribution in [0.5, 0.6) is 0 Å². The number of nitrogens with zero attached hydrogens (tertiary/aromatic N) is 2. The van der Waals surface area contributed by atoms with E-state index < -0.39 is 0 Å². The second-order valence-electron chi connectivity index (χ2n) is 5.55. The quantitative estimate of drug-likeness (QED) is 0.753. The van der Waals surface area contributed by atoms with Crippen LogP contribution in [0.4, 0.5) is 5.13 Å². The normalized spacial score (nSPS) is 18.2. The van der Waals surface area contributed by atoms with Crippen LogP contribution in [0, 0.1) is 5.41 Å². The Morgan fingerprint density at radius 3 is 2.50 bits per heavy atom. The van der Waals surface area contributed by atoms with Crippen molar-refractivity contribution in [2.75, 3.05) is 25.1 Å². The number of hydrogen-bond acceptors (Lipinski definition) is 5. The number of methoxy groups -OCH3 is 1. The number of aldehydes is 1. The minimum Gasteiger partial charge on any atom is -0.378 e. The zero-order valence-corrected chi connectivity index (χ0v) is 13.5. The van der Waals surface area contributed by atoms with Crippen molar-refractivity contribution >= 4 is 22.8 Å². The molecule has 2 rings (SSSR count). The standard InChI is InChI=1S/C15H24N2O2S/c1-4-15(5-2)6-8-17(9-7-15)14-16-12(11-19-3)13(10-18)20-14/h10H,4-9,11H2,1-3H3. The first-order valence-electron chi connectivity index (χ1n) is 7.36. The molecule has 0 aliphatic carbocycles. The van der Waals surface area contributed by atoms with Crippen molar-refractivity contribution in [3.05, 3.63) is 10.6 Å². The summed E-state index contributed by atoms with van der Waals surface area (Å²) in [7, 11) is 1.63. The van der Waals surface area contributed by atoms with Gasteiger partial charge < -0.3 is 9.64 Å². The van der Waals surface area contributed by atoms with Crippen LogP contribution < -0.4 is 4.90 Å². The van der Waals surface area contributed by atoms with Gasteiger partial charge in [0.05, 0.1) is 17.2 Å². The molecule has 0 N–H and O–H groups in total. The first kappa shape index (κ1) is 15.4. The van der Waals surface area contributed by atoms with Crippen molar-refractivity contribution in [1.29, 1.82) is 0 Å². The fourth-order valence-corrected chi connectivity index (χ4v) is 3.88. The van der Waals surface area contributed by atoms with E-state index >= 15 is 0 Å². The van der Waals surface area contributed by atoms with Crippen molar-refractivity contribution in [2.24, 2.45) is 5.41 Å². The van der Waals surface area contributed by atoms with E-state index in [9.17, 15) is 4.79 Å². The maximum atomic E-state index is 11.1. The van der Waals surface area contributed by atoms with Gasteiger partial charge in [0.15, 0.2) is 11.4 Å². The average Bonchev–Trinajstić information content (AvgIpc) is 2.91. The lowest BCUT2D eigenvalue weighted by atomic mass is 9.74. The van der Waals surface area contributed by atoms with Gasteiger partial charge in [-0.2, -0.15) is 0 Å². The molecule has 0 aromatic carbocycles. The summed E-state index contributed by atoms with van der Waals surface area (Å²) in [6.07, 6.45) is 5.83. The van der Waals surface area contributed by atoms with Crippen LogP contribution in [0.2, 0.25) is 0 Å². The minimum atomic E-state index is 0.409. The van der Waals surface area contributed by atoms with Gasteiger partial charge in [-0.25, -0.2) is 4.98 Å². The number of carbonyl (C=O) groups excluding carboxylic acids is 1. The van der Waals surface area contributed by atoms with Crippen LogP contribution >= 0.6 is 11.3 Å². The lowest BCUT2D eigenvalue weighted by molar-refractivity contribution is 0.112. The SMILES string of the molecule is CCC1(CC)CCN(c2nc(COC)c(C=O)s2)CC1. The topological polar surface area (TPSA) is 42.4 Å². The Balaban J connectivity index is 2.08. The molecule has 20 heavy (non-hydrogen) atoms. The number of ether oxygens (including phenoxy) is 1. The number of rotatable bonds is 6. The fourth-order valence-electron chi connectivity index (χ4n) is 2.95. The molecular weight excluding hydrogens is 272 g/mol. The number of hydrogen-bond donors (Lipinski definition) is 0. The lowest BCUT2D eigenvalue weighted by Crippen LogP contribution is -2.39. The molecule has 112 valence electrons. The second kappa shape index (κ2) is 6.68. The Hall–Kier alpha value is -0.940. The van der Waals surface area contributed by atoms with E-state index in [-0.39, 0.29) is 0 Å². The maximum absolute atomic E-state index is 11.1. The lowest BCUT2D eigenvalue weighted by Gasteiger charge is -2.40. The molecule has 0 amide bonds. The van der Waals surface area contributed by atoms with Gasteiger partial charge in [0.2, 0.25) is 0 Å². The first-order valence-corrected chi connectivity index (χ1v) is 8.18. The summed E-state index contributed by atoms with van der Waals surface area (Å²) in [4.78, 5) is 18.7. The molecule has 1 aliphatic heterocycles. The largest absolute Gasteiger partial charge is 0.378 e. The van der Waals surface area contributed by atoms with Crippen molar-refractivity contribution in [2.45, 2.75) is 46.1 Å². The molecule has 1 aliphatic rings. The summed E-state index contributed by atoms with van der Waals surface area (Å²) < 4.78 is 5.11. The molecule has 2 heterocycles. The Bertz CT molecular complexity index is 445. The highest BCUT2D eigenvalue weighted by Crippen LogP contribution is 2.40. The molecular formula is C15H24N2O2S. The van der Waals surface area contributed by atoms with E-state index in [4.69, 9.17) is 4.74 Å². The highest BCUT2D eigenvalue weighted by Gasteiger charge is 2.32. The third-order valence-corrected chi connectivity index (χ3v) is 5.78. The summed E-state index contributed by atoms with van der Waals surface area (Å²) in [5.41, 5.74) is 1.28. The monoisotopic (exact) mass is 296 g/mol. The second-order valence-corrected chi connectivity index (χ2v) is 6.56. The van der Waals surface area contributed by atoms with Gasteiger partial charge in [-0.15, -0.1) is 0 Å². The van der Waals surface area contributed by atoms with Crippen LogP contribution in [-0.4, -0.2) is 31.5 Å². The van der Waals surface area contributed by atoms with Gasteiger partial charge in [0.25, 0.3) is 0 Å². The van der Waals surface area contributed by atoms with Crippen LogP contribution in [0.15, 0.2) is 0 Å². The van der Waals surface area contributed by atoms with E-state index in [1.807, 2.05) is 0 Å². The van der Waals surface area contributed by atoms with E-state index in [1.165, 1.54) is 37.0 Å². The third kappa shape index (κ3) is 3.04. The summed E-state index contributed by atoms with van der Waals surface area (Å²) in [6, 6.07) is 0. The van der Waals surface area contributed by atoms with Gasteiger partial charge in [0, 0.05) is 20.2 Å². The molecule has 0 radical (unpaired) electrons. The molecule has 1 fully saturated rings. The summed E-state index contributed by atoms with van der Waals surface area (Å²) >= 11 is 1.49. The van der Waals surface area contributed by atoms with Crippen LogP contribution in [0.3, 0.4) is 0 Å². The molecule has 1 saturated heterocycles. The number of aromatic nitrogens is 1. The van der Waals surface area contributed by atoms with E-state index in [0.29, 0.717) is 16.9 Å². The predicted octanol–water partition coefficient (Wildman–Crippen LogP) is 3.51. The van der Waals surface area contributed by atoms with Crippen LogP contribution in [0.25, 0.3) is 0 Å². The van der Waals surface area contributed by atoms with Gasteiger partial charge in [-0.05, 0) is 18.3 Å². The van der Waals surface area contributed by atoms with E-state index in [0.717, 1.165) is 30.2 Å². The highest BCUT2D eigenvalue weighted by molar-refractivity contribution is 7.17. The third-order valence-electron chi connectivity index (χ3n) is 4.70. The zero-order valence-electron chi connectivity index (χ0n) is 12.6. The van der Waals surface area contributed by atoms with Gasteiger partial charge in [0.1, 0.15) is 0 Å². The highest BCUT2D eigenvalue weighted by atomic mass is 32.1. The molecule has 0 saturated carbocycles. The fraction of sp³-hybridized carbons (Fsp3) is 0.733. The first-order chi connectivity index (χ1) is 9.68. The number of carbonyl (C=O) groups is 1. The van der Waals surface area contributed by atoms with Crippen molar-refractivity contribution in [1.82, 2.24) is 4.98 Å². The molecule has 5 heteroatoms. The van der Waals surface area contributed by atoms with E-state index in [2.05, 4.69) is 23.7 Å². The Morgan fingerprint density at radius 1 is 1.35 bits per heavy atom. The minimum absolute atomic E-state index is 0.409. The van der Waals surface area contributed by atoms with Crippen LogP contribution in [0.1, 0.15) is 54.9 Å². The molecule has 0 atom stereocenters. The molecule has 1 aromatic rings. The van der Waals surface area contributed by atoms with Crippen molar-refractivity contribution in [3.63, 3.8) is 0 Å². The van der Waals surface area contributed by atoms with Gasteiger partial charge >= 0.3 is 0 Å². The average molecular weight is 296 g/mol. The Kier molecular flexibility index (Phi) is 5.16. The number of anilines is 1. The predicted molar refractivity (Wildman–Crippen MR) is 82.7 cm³/mol. The van der Waals surface area contributed by atoms with Gasteiger partial charge in [-0.1, -0.05) is 38.0 Å². The number of piperidine rings is 1. The Labute approximate surface area is 125 Å².